The molecule has 0 bridgehead atoms. The van der Waals surface area contributed by atoms with Crippen LogP contribution in [0.4, 0.5) is 0 Å². The van der Waals surface area contributed by atoms with Gasteiger partial charge in [-0.1, -0.05) is 54.6 Å². The van der Waals surface area contributed by atoms with Crippen LogP contribution in [-0.4, -0.2) is 67.3 Å². The molecule has 1 aliphatic rings. The number of hydrogen-bond acceptors (Lipinski definition) is 8. The third-order valence-electron chi connectivity index (χ3n) is 5.88. The van der Waals surface area contributed by atoms with E-state index < -0.39 is 48.5 Å². The summed E-state index contributed by atoms with van der Waals surface area (Å²) in [6.07, 6.45) is -4.95. The first-order valence-electron chi connectivity index (χ1n) is 11.7. The van der Waals surface area contributed by atoms with Gasteiger partial charge >= 0.3 is 11.9 Å². The van der Waals surface area contributed by atoms with Crippen molar-refractivity contribution in [3.05, 3.63) is 108 Å². The molecule has 37 heavy (non-hydrogen) atoms. The van der Waals surface area contributed by atoms with Crippen LogP contribution in [0.5, 0.6) is 0 Å². The third kappa shape index (κ3) is 6.39. The number of ether oxygens (including phenoxy) is 4. The number of methoxy groups -OCH3 is 1. The van der Waals surface area contributed by atoms with Crippen LogP contribution >= 0.6 is 0 Å². The van der Waals surface area contributed by atoms with E-state index in [0.717, 1.165) is 0 Å². The van der Waals surface area contributed by atoms with E-state index in [1.54, 1.807) is 91.0 Å². The number of aliphatic hydroxyl groups excluding tert-OH is 1. The van der Waals surface area contributed by atoms with Crippen molar-refractivity contribution in [1.29, 1.82) is 0 Å². The maximum absolute atomic E-state index is 12.9. The number of esters is 2. The Morgan fingerprint density at radius 2 is 1.32 bits per heavy atom. The summed E-state index contributed by atoms with van der Waals surface area (Å²) in [6, 6.07) is 23.9. The minimum atomic E-state index is -1.45. The Bertz CT molecular complexity index is 1190. The van der Waals surface area contributed by atoms with Crippen molar-refractivity contribution in [3.8, 4) is 0 Å². The third-order valence-corrected chi connectivity index (χ3v) is 5.88. The molecule has 3 aromatic rings. The molecule has 0 unspecified atom stereocenters. The monoisotopic (exact) mass is 505 g/mol. The molecule has 9 heteroatoms. The molecular formula is C28H27NO8. The highest BCUT2D eigenvalue weighted by atomic mass is 16.7. The minimum Gasteiger partial charge on any atom is -0.459 e. The Labute approximate surface area is 213 Å². The predicted octanol–water partition coefficient (Wildman–Crippen LogP) is 2.60. The van der Waals surface area contributed by atoms with E-state index in [2.05, 4.69) is 5.32 Å². The first-order valence-corrected chi connectivity index (χ1v) is 11.7. The number of hydrogen-bond donors (Lipinski definition) is 2. The van der Waals surface area contributed by atoms with E-state index >= 15 is 0 Å². The Morgan fingerprint density at radius 3 is 1.86 bits per heavy atom. The second-order valence-corrected chi connectivity index (χ2v) is 8.33. The minimum absolute atomic E-state index is 0.260. The molecule has 1 heterocycles. The average molecular weight is 506 g/mol. The van der Waals surface area contributed by atoms with Gasteiger partial charge < -0.3 is 29.4 Å². The van der Waals surface area contributed by atoms with E-state index in [4.69, 9.17) is 18.9 Å². The van der Waals surface area contributed by atoms with Crippen LogP contribution in [0, 0.1) is 0 Å². The first kappa shape index (κ1) is 26.0. The van der Waals surface area contributed by atoms with Crippen LogP contribution in [0.1, 0.15) is 31.1 Å². The van der Waals surface area contributed by atoms with Crippen LogP contribution < -0.4 is 5.32 Å². The molecule has 3 aromatic carbocycles. The predicted molar refractivity (Wildman–Crippen MR) is 132 cm³/mol. The summed E-state index contributed by atoms with van der Waals surface area (Å²) >= 11 is 0. The fourth-order valence-corrected chi connectivity index (χ4v) is 3.96. The van der Waals surface area contributed by atoms with Crippen molar-refractivity contribution < 1.29 is 38.4 Å². The van der Waals surface area contributed by atoms with Gasteiger partial charge in [-0.3, -0.25) is 4.79 Å². The molecule has 0 aliphatic carbocycles. The Morgan fingerprint density at radius 1 is 0.811 bits per heavy atom. The van der Waals surface area contributed by atoms with Gasteiger partial charge in [-0.15, -0.1) is 0 Å². The Kier molecular flexibility index (Phi) is 8.63. The molecule has 1 amide bonds. The Balaban J connectivity index is 1.55. The zero-order chi connectivity index (χ0) is 26.2. The lowest BCUT2D eigenvalue weighted by molar-refractivity contribution is -0.261. The fourth-order valence-electron chi connectivity index (χ4n) is 3.96. The van der Waals surface area contributed by atoms with E-state index in [1.807, 2.05) is 0 Å². The van der Waals surface area contributed by atoms with Gasteiger partial charge in [0.25, 0.3) is 5.91 Å². The summed E-state index contributed by atoms with van der Waals surface area (Å²) in [5.74, 6) is -1.79. The van der Waals surface area contributed by atoms with Crippen LogP contribution in [0.25, 0.3) is 0 Å². The lowest BCUT2D eigenvalue weighted by atomic mass is 9.96. The van der Waals surface area contributed by atoms with Crippen molar-refractivity contribution in [3.63, 3.8) is 0 Å². The molecule has 0 spiro atoms. The average Bonchev–Trinajstić information content (AvgIpc) is 2.95. The molecular weight excluding hydrogens is 478 g/mol. The number of carbonyl (C=O) groups excluding carboxylic acids is 3. The van der Waals surface area contributed by atoms with Gasteiger partial charge in [0.2, 0.25) is 0 Å². The molecule has 1 fully saturated rings. The van der Waals surface area contributed by atoms with Crippen LogP contribution in [-0.2, 0) is 18.9 Å². The van der Waals surface area contributed by atoms with E-state index in [0.29, 0.717) is 11.1 Å². The van der Waals surface area contributed by atoms with Gasteiger partial charge in [0, 0.05) is 12.7 Å². The van der Waals surface area contributed by atoms with E-state index in [1.165, 1.54) is 7.11 Å². The van der Waals surface area contributed by atoms with Crippen LogP contribution in [0.2, 0.25) is 0 Å². The van der Waals surface area contributed by atoms with Crippen molar-refractivity contribution in [1.82, 2.24) is 5.32 Å². The van der Waals surface area contributed by atoms with Gasteiger partial charge in [0.15, 0.2) is 12.4 Å². The number of nitrogens with one attached hydrogen (secondary N) is 1. The summed E-state index contributed by atoms with van der Waals surface area (Å²) in [6.45, 7) is -0.340. The number of carbonyl (C=O) groups is 3. The van der Waals surface area contributed by atoms with Crippen molar-refractivity contribution in [2.24, 2.45) is 0 Å². The topological polar surface area (TPSA) is 120 Å². The molecule has 192 valence electrons. The highest BCUT2D eigenvalue weighted by Gasteiger charge is 2.49. The summed E-state index contributed by atoms with van der Waals surface area (Å²) in [5, 5.41) is 13.9. The largest absolute Gasteiger partial charge is 0.459 e. The van der Waals surface area contributed by atoms with Gasteiger partial charge in [-0.05, 0) is 36.4 Å². The molecule has 0 saturated carbocycles. The standard InChI is InChI=1S/C28H27NO8/c1-34-28-22(29-25(31)18-11-5-2-6-12-18)24(37-27(33)20-15-9-4-10-16-20)23(30)21(36-28)17-35-26(32)19-13-7-3-8-14-19/h2-16,21-24,28,30H,17H2,1H3,(H,29,31)/t21-,22-,23-,24-,28+/m1/s1. The quantitative estimate of drug-likeness (QED) is 0.449. The molecule has 4 rings (SSSR count). The van der Waals surface area contributed by atoms with Crippen molar-refractivity contribution >= 4 is 17.8 Å². The molecule has 5 atom stereocenters. The summed E-state index contributed by atoms with van der Waals surface area (Å²) in [5.41, 5.74) is 0.949. The molecule has 2 N–H and O–H groups in total. The van der Waals surface area contributed by atoms with Crippen LogP contribution in [0.3, 0.4) is 0 Å². The highest BCUT2D eigenvalue weighted by molar-refractivity contribution is 5.94. The van der Waals surface area contributed by atoms with Crippen molar-refractivity contribution in [2.45, 2.75) is 30.6 Å². The van der Waals surface area contributed by atoms with Crippen molar-refractivity contribution in [2.75, 3.05) is 13.7 Å². The molecule has 0 radical (unpaired) electrons. The number of aliphatic hydroxyl groups is 1. The summed E-state index contributed by atoms with van der Waals surface area (Å²) < 4.78 is 22.3. The second-order valence-electron chi connectivity index (χ2n) is 8.33. The molecule has 1 aliphatic heterocycles. The number of rotatable bonds is 8. The second kappa shape index (κ2) is 12.3. The normalized spacial score (nSPS) is 23.0. The van der Waals surface area contributed by atoms with Crippen LogP contribution in [0.15, 0.2) is 91.0 Å². The number of benzene rings is 3. The van der Waals surface area contributed by atoms with E-state index in [-0.39, 0.29) is 12.2 Å². The summed E-state index contributed by atoms with van der Waals surface area (Å²) in [7, 11) is 1.35. The lowest BCUT2D eigenvalue weighted by Gasteiger charge is -2.43. The Hall–Kier alpha value is -4.05. The van der Waals surface area contributed by atoms with Gasteiger partial charge in [-0.25, -0.2) is 9.59 Å². The zero-order valence-corrected chi connectivity index (χ0v) is 20.1. The molecule has 9 nitrogen and oxygen atoms in total. The van der Waals surface area contributed by atoms with E-state index in [9.17, 15) is 19.5 Å². The maximum Gasteiger partial charge on any atom is 0.338 e. The number of amides is 1. The maximum atomic E-state index is 12.9. The van der Waals surface area contributed by atoms with Gasteiger partial charge in [0.1, 0.15) is 24.9 Å². The smallest absolute Gasteiger partial charge is 0.338 e. The van der Waals surface area contributed by atoms with Gasteiger partial charge in [0.05, 0.1) is 11.1 Å². The molecule has 0 aromatic heterocycles. The first-order chi connectivity index (χ1) is 18.0. The van der Waals surface area contributed by atoms with Gasteiger partial charge in [-0.2, -0.15) is 0 Å². The fraction of sp³-hybridized carbons (Fsp3) is 0.250. The summed E-state index contributed by atoms with van der Waals surface area (Å²) in [4.78, 5) is 38.2. The SMILES string of the molecule is CO[C@H]1O[C@H](COC(=O)c2ccccc2)[C@@H](O)[C@H](OC(=O)c2ccccc2)[C@H]1NC(=O)c1ccccc1. The lowest BCUT2D eigenvalue weighted by Crippen LogP contribution is -2.65. The highest BCUT2D eigenvalue weighted by Crippen LogP contribution is 2.26. The molecule has 1 saturated heterocycles. The zero-order valence-electron chi connectivity index (χ0n) is 20.1.